The molecule has 1 aromatic heterocycles. The second-order valence-electron chi connectivity index (χ2n) is 6.32. The minimum absolute atomic E-state index is 0.102. The molecule has 0 bridgehead atoms. The van der Waals surface area contributed by atoms with Crippen LogP contribution < -0.4 is 4.74 Å². The van der Waals surface area contributed by atoms with E-state index in [0.717, 1.165) is 12.0 Å². The molecule has 1 heterocycles. The van der Waals surface area contributed by atoms with Crippen molar-refractivity contribution in [2.75, 3.05) is 0 Å². The van der Waals surface area contributed by atoms with Gasteiger partial charge >= 0.3 is 5.97 Å². The number of hydrogen-bond acceptors (Lipinski definition) is 4. The Morgan fingerprint density at radius 2 is 2.04 bits per heavy atom. The second-order valence-corrected chi connectivity index (χ2v) is 6.32. The third-order valence-electron chi connectivity index (χ3n) is 3.44. The van der Waals surface area contributed by atoms with Gasteiger partial charge < -0.3 is 4.74 Å². The van der Waals surface area contributed by atoms with Gasteiger partial charge in [0.05, 0.1) is 11.9 Å². The average Bonchev–Trinajstić information content (AvgIpc) is 2.53. The number of carbonyl (C=O) groups is 1. The van der Waals surface area contributed by atoms with Crippen LogP contribution in [0.15, 0.2) is 42.9 Å². The Balaban J connectivity index is 2.19. The summed E-state index contributed by atoms with van der Waals surface area (Å²) in [6.45, 7) is 8.43. The van der Waals surface area contributed by atoms with Crippen LogP contribution in [0.3, 0.4) is 0 Å². The zero-order chi connectivity index (χ0) is 16.9. The van der Waals surface area contributed by atoms with Crippen molar-refractivity contribution in [3.63, 3.8) is 0 Å². The van der Waals surface area contributed by atoms with Crippen LogP contribution in [0.25, 0.3) is 6.08 Å². The molecule has 23 heavy (non-hydrogen) atoms. The van der Waals surface area contributed by atoms with Gasteiger partial charge in [-0.2, -0.15) is 0 Å². The van der Waals surface area contributed by atoms with E-state index in [-0.39, 0.29) is 5.41 Å². The molecule has 0 aliphatic carbocycles. The first kappa shape index (κ1) is 16.9. The van der Waals surface area contributed by atoms with Gasteiger partial charge in [0, 0.05) is 24.0 Å². The van der Waals surface area contributed by atoms with Crippen LogP contribution in [0.2, 0.25) is 0 Å². The smallest absolute Gasteiger partial charge is 0.336 e. The highest BCUT2D eigenvalue weighted by Crippen LogP contribution is 2.32. The zero-order valence-electron chi connectivity index (χ0n) is 14.0. The summed E-state index contributed by atoms with van der Waals surface area (Å²) in [6.07, 6.45) is 8.65. The van der Waals surface area contributed by atoms with Crippen molar-refractivity contribution < 1.29 is 9.53 Å². The number of hydrogen-bond donors (Lipinski definition) is 0. The van der Waals surface area contributed by atoms with Gasteiger partial charge in [-0.05, 0) is 29.5 Å². The van der Waals surface area contributed by atoms with Gasteiger partial charge in [0.25, 0.3) is 0 Å². The van der Waals surface area contributed by atoms with E-state index in [1.165, 1.54) is 11.6 Å². The lowest BCUT2D eigenvalue weighted by atomic mass is 9.85. The summed E-state index contributed by atoms with van der Waals surface area (Å²) >= 11 is 0. The van der Waals surface area contributed by atoms with E-state index < -0.39 is 5.97 Å². The van der Waals surface area contributed by atoms with Crippen LogP contribution in [-0.4, -0.2) is 15.9 Å². The van der Waals surface area contributed by atoms with Crippen LogP contribution >= 0.6 is 0 Å². The normalized spacial score (nSPS) is 11.7. The molecule has 0 fully saturated rings. The molecule has 0 atom stereocenters. The van der Waals surface area contributed by atoms with Crippen molar-refractivity contribution in [3.8, 4) is 5.75 Å². The minimum atomic E-state index is -0.426. The highest BCUT2D eigenvalue weighted by atomic mass is 16.5. The Labute approximate surface area is 137 Å². The molecule has 0 radical (unpaired) electrons. The van der Waals surface area contributed by atoms with Crippen molar-refractivity contribution in [2.45, 2.75) is 39.5 Å². The third-order valence-corrected chi connectivity index (χ3v) is 3.44. The fraction of sp³-hybridized carbons (Fsp3) is 0.316. The molecule has 120 valence electrons. The fourth-order valence-electron chi connectivity index (χ4n) is 2.16. The molecular formula is C19H22N2O2. The lowest BCUT2D eigenvalue weighted by molar-refractivity contribution is -0.128. The van der Waals surface area contributed by atoms with Crippen LogP contribution in [0.4, 0.5) is 0 Å². The lowest BCUT2D eigenvalue weighted by Crippen LogP contribution is -2.15. The number of esters is 1. The van der Waals surface area contributed by atoms with Crippen LogP contribution in [0, 0.1) is 0 Å². The maximum atomic E-state index is 12.1. The standard InChI is InChI=1S/C19H22N2O2/c1-5-14-6-8-17(16(12-14)19(2,3)4)23-18(22)9-7-15-13-20-10-11-21-15/h6-13H,5H2,1-4H3/b9-7+. The summed E-state index contributed by atoms with van der Waals surface area (Å²) in [5.74, 6) is 0.175. The summed E-state index contributed by atoms with van der Waals surface area (Å²) in [7, 11) is 0. The molecule has 0 amide bonds. The predicted molar refractivity (Wildman–Crippen MR) is 91.2 cm³/mol. The van der Waals surface area contributed by atoms with Crippen LogP contribution in [0.1, 0.15) is 44.5 Å². The highest BCUT2D eigenvalue weighted by molar-refractivity contribution is 5.88. The largest absolute Gasteiger partial charge is 0.423 e. The highest BCUT2D eigenvalue weighted by Gasteiger charge is 2.20. The van der Waals surface area contributed by atoms with Gasteiger partial charge in [0.15, 0.2) is 0 Å². The Bertz CT molecular complexity index is 701. The number of rotatable bonds is 4. The maximum Gasteiger partial charge on any atom is 0.336 e. The molecular weight excluding hydrogens is 288 g/mol. The topological polar surface area (TPSA) is 52.1 Å². The summed E-state index contributed by atoms with van der Waals surface area (Å²) in [5, 5.41) is 0. The Kier molecular flexibility index (Phi) is 5.27. The van der Waals surface area contributed by atoms with Gasteiger partial charge in [0.2, 0.25) is 0 Å². The molecule has 0 aliphatic rings. The quantitative estimate of drug-likeness (QED) is 0.487. The van der Waals surface area contributed by atoms with Gasteiger partial charge in [-0.3, -0.25) is 9.97 Å². The van der Waals surface area contributed by atoms with E-state index in [4.69, 9.17) is 4.74 Å². The maximum absolute atomic E-state index is 12.1. The first-order valence-electron chi connectivity index (χ1n) is 7.69. The van der Waals surface area contributed by atoms with E-state index in [1.54, 1.807) is 24.7 Å². The SMILES string of the molecule is CCc1ccc(OC(=O)/C=C/c2cnccn2)c(C(C)(C)C)c1. The van der Waals surface area contributed by atoms with Gasteiger partial charge in [-0.25, -0.2) is 4.79 Å². The summed E-state index contributed by atoms with van der Waals surface area (Å²) in [5.41, 5.74) is 2.76. The van der Waals surface area contributed by atoms with Crippen molar-refractivity contribution >= 4 is 12.0 Å². The monoisotopic (exact) mass is 310 g/mol. The number of aryl methyl sites for hydroxylation is 1. The third kappa shape index (κ3) is 4.74. The first-order chi connectivity index (χ1) is 10.9. The summed E-state index contributed by atoms with van der Waals surface area (Å²) in [4.78, 5) is 20.1. The second kappa shape index (κ2) is 7.18. The molecule has 0 saturated carbocycles. The van der Waals surface area contributed by atoms with E-state index in [0.29, 0.717) is 11.4 Å². The Morgan fingerprint density at radius 1 is 1.26 bits per heavy atom. The molecule has 0 unspecified atom stereocenters. The molecule has 2 aromatic rings. The van der Waals surface area contributed by atoms with E-state index in [2.05, 4.69) is 43.7 Å². The predicted octanol–water partition coefficient (Wildman–Crippen LogP) is 3.96. The Morgan fingerprint density at radius 3 is 2.65 bits per heavy atom. The molecule has 0 N–H and O–H groups in total. The van der Waals surface area contributed by atoms with Crippen LogP contribution in [-0.2, 0) is 16.6 Å². The lowest BCUT2D eigenvalue weighted by Gasteiger charge is -2.22. The van der Waals surface area contributed by atoms with E-state index in [1.807, 2.05) is 12.1 Å². The van der Waals surface area contributed by atoms with Gasteiger partial charge in [0.1, 0.15) is 5.75 Å². The first-order valence-corrected chi connectivity index (χ1v) is 7.69. The molecule has 2 rings (SSSR count). The van der Waals surface area contributed by atoms with Crippen LogP contribution in [0.5, 0.6) is 5.75 Å². The molecule has 1 aromatic carbocycles. The van der Waals surface area contributed by atoms with Gasteiger partial charge in [-0.1, -0.05) is 39.8 Å². The molecule has 4 nitrogen and oxygen atoms in total. The fourth-order valence-corrected chi connectivity index (χ4v) is 2.16. The number of carbonyl (C=O) groups excluding carboxylic acids is 1. The van der Waals surface area contributed by atoms with E-state index >= 15 is 0 Å². The Hall–Kier alpha value is -2.49. The van der Waals surface area contributed by atoms with E-state index in [9.17, 15) is 4.79 Å². The number of aromatic nitrogens is 2. The number of nitrogens with zero attached hydrogens (tertiary/aromatic N) is 2. The summed E-state index contributed by atoms with van der Waals surface area (Å²) in [6, 6.07) is 5.96. The van der Waals surface area contributed by atoms with Gasteiger partial charge in [-0.15, -0.1) is 0 Å². The summed E-state index contributed by atoms with van der Waals surface area (Å²) < 4.78 is 5.52. The van der Waals surface area contributed by atoms with Crippen molar-refractivity contribution in [3.05, 3.63) is 59.7 Å². The van der Waals surface area contributed by atoms with Crippen molar-refractivity contribution in [1.82, 2.24) is 9.97 Å². The molecule has 4 heteroatoms. The number of ether oxygens (including phenoxy) is 1. The molecule has 0 aliphatic heterocycles. The number of benzene rings is 1. The minimum Gasteiger partial charge on any atom is -0.423 e. The van der Waals surface area contributed by atoms with Crippen molar-refractivity contribution in [2.24, 2.45) is 0 Å². The average molecular weight is 310 g/mol. The molecule has 0 spiro atoms. The molecule has 0 saturated heterocycles. The zero-order valence-corrected chi connectivity index (χ0v) is 14.0. The van der Waals surface area contributed by atoms with Crippen molar-refractivity contribution in [1.29, 1.82) is 0 Å².